The lowest BCUT2D eigenvalue weighted by Gasteiger charge is -2.12. The van der Waals surface area contributed by atoms with Crippen LogP contribution in [0.4, 0.5) is 23.4 Å². The topological polar surface area (TPSA) is 28.2 Å². The fourth-order valence-electron chi connectivity index (χ4n) is 2.07. The molecule has 1 aromatic heterocycles. The summed E-state index contributed by atoms with van der Waals surface area (Å²) in [5, 5.41) is 2.77. The van der Waals surface area contributed by atoms with Crippen molar-refractivity contribution in [1.82, 2.24) is 9.88 Å². The Morgan fingerprint density at radius 1 is 1.13 bits per heavy atom. The van der Waals surface area contributed by atoms with Crippen molar-refractivity contribution < 1.29 is 17.6 Å². The summed E-state index contributed by atoms with van der Waals surface area (Å²) < 4.78 is 51.8. The zero-order valence-corrected chi connectivity index (χ0v) is 12.8. The molecule has 0 radical (unpaired) electrons. The van der Waals surface area contributed by atoms with Crippen molar-refractivity contribution in [2.45, 2.75) is 19.3 Å². The highest BCUT2D eigenvalue weighted by Crippen LogP contribution is 2.30. The maximum atomic E-state index is 13.9. The lowest BCUT2D eigenvalue weighted by atomic mass is 10.1. The third-order valence-electron chi connectivity index (χ3n) is 3.16. The van der Waals surface area contributed by atoms with Gasteiger partial charge in [0.2, 0.25) is 0 Å². The van der Waals surface area contributed by atoms with Crippen LogP contribution in [0.3, 0.4) is 0 Å². The summed E-state index contributed by atoms with van der Waals surface area (Å²) in [6.45, 7) is 0.669. The predicted molar refractivity (Wildman–Crippen MR) is 80.4 cm³/mol. The second kappa shape index (κ2) is 6.95. The first-order valence-electron chi connectivity index (χ1n) is 6.95. The average molecular weight is 327 g/mol. The average Bonchev–Trinajstić information content (AvgIpc) is 2.47. The van der Waals surface area contributed by atoms with Gasteiger partial charge < -0.3 is 10.2 Å². The summed E-state index contributed by atoms with van der Waals surface area (Å²) in [7, 11) is 3.68. The Morgan fingerprint density at radius 2 is 1.87 bits per heavy atom. The summed E-state index contributed by atoms with van der Waals surface area (Å²) in [4.78, 5) is 5.69. The molecule has 0 fully saturated rings. The SMILES string of the molecule is CN(C)Cc1ccc(CNc2cc(C(F)(F)F)ccn2)cc1F. The van der Waals surface area contributed by atoms with Gasteiger partial charge in [-0.1, -0.05) is 12.1 Å². The molecule has 0 atom stereocenters. The molecule has 7 heteroatoms. The van der Waals surface area contributed by atoms with Crippen LogP contribution in [0.5, 0.6) is 0 Å². The van der Waals surface area contributed by atoms with Gasteiger partial charge in [0.1, 0.15) is 11.6 Å². The Labute approximate surface area is 132 Å². The van der Waals surface area contributed by atoms with Crippen molar-refractivity contribution in [3.8, 4) is 0 Å². The molecule has 124 valence electrons. The number of halogens is 4. The van der Waals surface area contributed by atoms with Crippen molar-refractivity contribution in [3.05, 3.63) is 59.0 Å². The zero-order valence-electron chi connectivity index (χ0n) is 12.8. The molecule has 2 rings (SSSR count). The summed E-state index contributed by atoms with van der Waals surface area (Å²) in [5.41, 5.74) is 0.419. The lowest BCUT2D eigenvalue weighted by molar-refractivity contribution is -0.137. The molecule has 0 spiro atoms. The van der Waals surface area contributed by atoms with Gasteiger partial charge in [-0.05, 0) is 37.9 Å². The number of nitrogens with one attached hydrogen (secondary N) is 1. The van der Waals surface area contributed by atoms with E-state index in [0.717, 1.165) is 18.3 Å². The van der Waals surface area contributed by atoms with Gasteiger partial charge in [-0.15, -0.1) is 0 Å². The Balaban J connectivity index is 2.05. The van der Waals surface area contributed by atoms with E-state index in [1.807, 2.05) is 19.0 Å². The Morgan fingerprint density at radius 3 is 2.48 bits per heavy atom. The van der Waals surface area contributed by atoms with Gasteiger partial charge in [-0.25, -0.2) is 9.37 Å². The molecule has 0 aliphatic heterocycles. The first kappa shape index (κ1) is 17.2. The van der Waals surface area contributed by atoms with E-state index in [-0.39, 0.29) is 18.2 Å². The van der Waals surface area contributed by atoms with Crippen LogP contribution in [-0.4, -0.2) is 24.0 Å². The monoisotopic (exact) mass is 327 g/mol. The molecule has 0 aliphatic rings. The highest BCUT2D eigenvalue weighted by Gasteiger charge is 2.30. The number of nitrogens with zero attached hydrogens (tertiary/aromatic N) is 2. The fourth-order valence-corrected chi connectivity index (χ4v) is 2.07. The zero-order chi connectivity index (χ0) is 17.0. The molecule has 1 aromatic carbocycles. The van der Waals surface area contributed by atoms with Gasteiger partial charge in [0, 0.05) is 24.8 Å². The summed E-state index contributed by atoms with van der Waals surface area (Å²) in [6.07, 6.45) is -3.33. The van der Waals surface area contributed by atoms with Crippen molar-refractivity contribution in [3.63, 3.8) is 0 Å². The van der Waals surface area contributed by atoms with E-state index in [0.29, 0.717) is 17.7 Å². The smallest absolute Gasteiger partial charge is 0.366 e. The van der Waals surface area contributed by atoms with Crippen LogP contribution in [0.15, 0.2) is 36.5 Å². The Bertz CT molecular complexity index is 669. The van der Waals surface area contributed by atoms with Crippen molar-refractivity contribution >= 4 is 5.82 Å². The Hall–Kier alpha value is -2.15. The van der Waals surface area contributed by atoms with Crippen LogP contribution in [-0.2, 0) is 19.3 Å². The molecule has 0 aliphatic carbocycles. The minimum Gasteiger partial charge on any atom is -0.366 e. The molecular formula is C16H17F4N3. The van der Waals surface area contributed by atoms with Crippen molar-refractivity contribution in [2.24, 2.45) is 0 Å². The highest BCUT2D eigenvalue weighted by molar-refractivity contribution is 5.39. The Kier molecular flexibility index (Phi) is 5.20. The van der Waals surface area contributed by atoms with E-state index in [9.17, 15) is 17.6 Å². The molecule has 0 bridgehead atoms. The van der Waals surface area contributed by atoms with Crippen LogP contribution in [0.2, 0.25) is 0 Å². The minimum atomic E-state index is -4.42. The number of aromatic nitrogens is 1. The molecule has 0 unspecified atom stereocenters. The largest absolute Gasteiger partial charge is 0.416 e. The lowest BCUT2D eigenvalue weighted by Crippen LogP contribution is -2.12. The normalized spacial score (nSPS) is 11.8. The number of hydrogen-bond donors (Lipinski definition) is 1. The number of benzene rings is 1. The van der Waals surface area contributed by atoms with Gasteiger partial charge in [-0.2, -0.15) is 13.2 Å². The van der Waals surface area contributed by atoms with E-state index in [2.05, 4.69) is 10.3 Å². The maximum absolute atomic E-state index is 13.9. The summed E-state index contributed by atoms with van der Waals surface area (Å²) in [5.74, 6) is -0.243. The van der Waals surface area contributed by atoms with Crippen molar-refractivity contribution in [2.75, 3.05) is 19.4 Å². The number of pyridine rings is 1. The van der Waals surface area contributed by atoms with Gasteiger partial charge in [-0.3, -0.25) is 0 Å². The molecule has 3 nitrogen and oxygen atoms in total. The molecule has 2 aromatic rings. The predicted octanol–water partition coefficient (Wildman–Crippen LogP) is 3.91. The minimum absolute atomic E-state index is 0.0950. The van der Waals surface area contributed by atoms with Crippen LogP contribution in [0, 0.1) is 5.82 Å². The summed E-state index contributed by atoms with van der Waals surface area (Å²) in [6, 6.07) is 6.62. The molecule has 1 N–H and O–H groups in total. The van der Waals surface area contributed by atoms with Crippen LogP contribution in [0.1, 0.15) is 16.7 Å². The second-order valence-electron chi connectivity index (χ2n) is 5.44. The number of anilines is 1. The molecule has 0 saturated carbocycles. The number of rotatable bonds is 5. The quantitative estimate of drug-likeness (QED) is 0.844. The molecule has 23 heavy (non-hydrogen) atoms. The first-order chi connectivity index (χ1) is 10.8. The number of alkyl halides is 3. The van der Waals surface area contributed by atoms with E-state index in [1.165, 1.54) is 6.07 Å². The third kappa shape index (κ3) is 4.92. The molecule has 0 saturated heterocycles. The van der Waals surface area contributed by atoms with E-state index >= 15 is 0 Å². The van der Waals surface area contributed by atoms with E-state index in [1.54, 1.807) is 12.1 Å². The van der Waals surface area contributed by atoms with E-state index < -0.39 is 11.7 Å². The third-order valence-corrected chi connectivity index (χ3v) is 3.16. The van der Waals surface area contributed by atoms with Gasteiger partial charge in [0.05, 0.1) is 5.56 Å². The molecule has 1 heterocycles. The summed E-state index contributed by atoms with van der Waals surface area (Å²) >= 11 is 0. The van der Waals surface area contributed by atoms with Crippen LogP contribution < -0.4 is 5.32 Å². The highest BCUT2D eigenvalue weighted by atomic mass is 19.4. The fraction of sp³-hybridized carbons (Fsp3) is 0.312. The van der Waals surface area contributed by atoms with Crippen molar-refractivity contribution in [1.29, 1.82) is 0 Å². The first-order valence-corrected chi connectivity index (χ1v) is 6.95. The molecule has 0 amide bonds. The maximum Gasteiger partial charge on any atom is 0.416 e. The standard InChI is InChI=1S/C16H17F4N3/c1-23(2)10-12-4-3-11(7-14(12)17)9-22-15-8-13(5-6-21-15)16(18,19)20/h3-8H,9-10H2,1-2H3,(H,21,22). The molecular weight excluding hydrogens is 310 g/mol. The van der Waals surface area contributed by atoms with Crippen LogP contribution >= 0.6 is 0 Å². The van der Waals surface area contributed by atoms with Gasteiger partial charge >= 0.3 is 6.18 Å². The van der Waals surface area contributed by atoms with E-state index in [4.69, 9.17) is 0 Å². The number of hydrogen-bond acceptors (Lipinski definition) is 3. The second-order valence-corrected chi connectivity index (χ2v) is 5.44. The van der Waals surface area contributed by atoms with Gasteiger partial charge in [0.25, 0.3) is 0 Å². The van der Waals surface area contributed by atoms with Crippen LogP contribution in [0.25, 0.3) is 0 Å². The van der Waals surface area contributed by atoms with Gasteiger partial charge in [0.15, 0.2) is 0 Å².